The molecule has 27 heavy (non-hydrogen) atoms. The van der Waals surface area contributed by atoms with Crippen LogP contribution in [-0.2, 0) is 22.7 Å². The molecule has 3 N–H and O–H groups in total. The van der Waals surface area contributed by atoms with Gasteiger partial charge in [0.2, 0.25) is 11.8 Å². The maximum Gasteiger partial charge on any atom is 0.240 e. The summed E-state index contributed by atoms with van der Waals surface area (Å²) in [5, 5.41) is 12.1. The van der Waals surface area contributed by atoms with Crippen LogP contribution in [0.4, 0.5) is 0 Å². The molecule has 0 aliphatic rings. The molecular formula is C18H19N5O3S. The predicted octanol–water partition coefficient (Wildman–Crippen LogP) is 1.94. The first-order valence-electron chi connectivity index (χ1n) is 8.31. The van der Waals surface area contributed by atoms with Gasteiger partial charge >= 0.3 is 0 Å². The van der Waals surface area contributed by atoms with Gasteiger partial charge in [-0.2, -0.15) is 5.10 Å². The largest absolute Gasteiger partial charge is 0.467 e. The second-order valence-corrected chi connectivity index (χ2v) is 6.32. The fourth-order valence-corrected chi connectivity index (χ4v) is 2.62. The van der Waals surface area contributed by atoms with Gasteiger partial charge in [0, 0.05) is 5.56 Å². The van der Waals surface area contributed by atoms with Gasteiger partial charge in [-0.1, -0.05) is 29.8 Å². The monoisotopic (exact) mass is 385 g/mol. The van der Waals surface area contributed by atoms with E-state index in [0.29, 0.717) is 16.4 Å². The summed E-state index contributed by atoms with van der Waals surface area (Å²) >= 11 is 5.22. The van der Waals surface area contributed by atoms with Crippen molar-refractivity contribution in [2.24, 2.45) is 0 Å². The Labute approximate surface area is 160 Å². The van der Waals surface area contributed by atoms with Crippen LogP contribution in [0.25, 0.3) is 11.4 Å². The molecule has 0 atom stereocenters. The third kappa shape index (κ3) is 4.91. The Morgan fingerprint density at radius 3 is 2.67 bits per heavy atom. The molecule has 2 aromatic heterocycles. The van der Waals surface area contributed by atoms with E-state index < -0.39 is 0 Å². The Morgan fingerprint density at radius 1 is 1.19 bits per heavy atom. The van der Waals surface area contributed by atoms with Crippen LogP contribution >= 0.6 is 12.2 Å². The van der Waals surface area contributed by atoms with Crippen molar-refractivity contribution in [1.29, 1.82) is 0 Å². The zero-order valence-corrected chi connectivity index (χ0v) is 15.5. The third-order valence-electron chi connectivity index (χ3n) is 3.86. The lowest BCUT2D eigenvalue weighted by Gasteiger charge is -2.09. The number of aromatic nitrogens is 3. The summed E-state index contributed by atoms with van der Waals surface area (Å²) in [6, 6.07) is 11.2. The lowest BCUT2D eigenvalue weighted by molar-refractivity contribution is -0.126. The summed E-state index contributed by atoms with van der Waals surface area (Å²) in [7, 11) is 0. The van der Waals surface area contributed by atoms with E-state index in [-0.39, 0.29) is 31.4 Å². The van der Waals surface area contributed by atoms with Gasteiger partial charge in [0.25, 0.3) is 0 Å². The maximum atomic E-state index is 12.2. The maximum absolute atomic E-state index is 12.2. The van der Waals surface area contributed by atoms with Crippen molar-refractivity contribution in [3.63, 3.8) is 0 Å². The number of amides is 2. The predicted molar refractivity (Wildman–Crippen MR) is 101 cm³/mol. The number of nitrogens with zero attached hydrogens (tertiary/aromatic N) is 2. The van der Waals surface area contributed by atoms with E-state index in [0.717, 1.165) is 11.1 Å². The second-order valence-electron chi connectivity index (χ2n) is 5.94. The first-order valence-corrected chi connectivity index (χ1v) is 8.72. The molecular weight excluding hydrogens is 366 g/mol. The average Bonchev–Trinajstić information content (AvgIpc) is 3.30. The Kier molecular flexibility index (Phi) is 5.82. The molecule has 0 unspecified atom stereocenters. The van der Waals surface area contributed by atoms with Gasteiger partial charge in [0.05, 0.1) is 19.4 Å². The number of nitrogens with one attached hydrogen (secondary N) is 3. The van der Waals surface area contributed by atoms with Crippen molar-refractivity contribution in [2.45, 2.75) is 20.0 Å². The van der Waals surface area contributed by atoms with Crippen molar-refractivity contribution < 1.29 is 14.0 Å². The number of furan rings is 1. The van der Waals surface area contributed by atoms with Crippen LogP contribution in [0.3, 0.4) is 0 Å². The standard InChI is InChI=1S/C18H19N5O3S/c1-12-4-6-13(7-5-12)17-21-22-18(27)23(17)11-16(25)20-10-15(24)19-9-14-3-2-8-26-14/h2-8H,9-11H2,1H3,(H,19,24)(H,20,25)(H,22,27). The quantitative estimate of drug-likeness (QED) is 0.539. The van der Waals surface area contributed by atoms with E-state index in [9.17, 15) is 9.59 Å². The van der Waals surface area contributed by atoms with Gasteiger partial charge in [0.1, 0.15) is 12.3 Å². The second kappa shape index (κ2) is 8.45. The summed E-state index contributed by atoms with van der Waals surface area (Å²) in [5.41, 5.74) is 1.97. The Morgan fingerprint density at radius 2 is 1.96 bits per heavy atom. The molecule has 2 heterocycles. The molecule has 9 heteroatoms. The van der Waals surface area contributed by atoms with Crippen molar-refractivity contribution in [3.05, 3.63) is 58.8 Å². The number of aromatic amines is 1. The van der Waals surface area contributed by atoms with Crippen LogP contribution in [-0.4, -0.2) is 33.1 Å². The highest BCUT2D eigenvalue weighted by Gasteiger charge is 2.13. The highest BCUT2D eigenvalue weighted by molar-refractivity contribution is 7.71. The third-order valence-corrected chi connectivity index (χ3v) is 4.17. The van der Waals surface area contributed by atoms with Gasteiger partial charge in [-0.25, -0.2) is 0 Å². The van der Waals surface area contributed by atoms with E-state index in [2.05, 4.69) is 20.8 Å². The minimum Gasteiger partial charge on any atom is -0.467 e. The van der Waals surface area contributed by atoms with Gasteiger partial charge in [-0.05, 0) is 31.3 Å². The van der Waals surface area contributed by atoms with E-state index in [1.807, 2.05) is 31.2 Å². The molecule has 8 nitrogen and oxygen atoms in total. The molecule has 0 aliphatic heterocycles. The molecule has 0 radical (unpaired) electrons. The van der Waals surface area contributed by atoms with Crippen molar-refractivity contribution in [1.82, 2.24) is 25.4 Å². The molecule has 1 aromatic carbocycles. The molecule has 140 valence electrons. The van der Waals surface area contributed by atoms with Crippen molar-refractivity contribution in [2.75, 3.05) is 6.54 Å². The zero-order chi connectivity index (χ0) is 19.2. The van der Waals surface area contributed by atoms with Gasteiger partial charge < -0.3 is 15.1 Å². The van der Waals surface area contributed by atoms with Crippen LogP contribution in [0.1, 0.15) is 11.3 Å². The average molecular weight is 385 g/mol. The Balaban J connectivity index is 1.56. The van der Waals surface area contributed by atoms with Crippen LogP contribution in [0.2, 0.25) is 0 Å². The highest BCUT2D eigenvalue weighted by atomic mass is 32.1. The molecule has 0 saturated heterocycles. The molecule has 3 aromatic rings. The number of aryl methyl sites for hydroxylation is 1. The minimum atomic E-state index is -0.339. The van der Waals surface area contributed by atoms with Crippen molar-refractivity contribution >= 4 is 24.0 Å². The number of carbonyl (C=O) groups excluding carboxylic acids is 2. The van der Waals surface area contributed by atoms with Gasteiger partial charge in [0.15, 0.2) is 10.6 Å². The number of hydrogen-bond acceptors (Lipinski definition) is 5. The number of carbonyl (C=O) groups is 2. The molecule has 3 rings (SSSR count). The topological polar surface area (TPSA) is 105 Å². The minimum absolute atomic E-state index is 0.0377. The number of benzene rings is 1. The summed E-state index contributed by atoms with van der Waals surface area (Å²) in [6.45, 7) is 2.09. The number of rotatable bonds is 7. The fourth-order valence-electron chi connectivity index (χ4n) is 2.43. The summed E-state index contributed by atoms with van der Waals surface area (Å²) in [6.07, 6.45) is 1.53. The zero-order valence-electron chi connectivity index (χ0n) is 14.7. The van der Waals surface area contributed by atoms with Crippen LogP contribution < -0.4 is 10.6 Å². The first kappa shape index (κ1) is 18.6. The SMILES string of the molecule is Cc1ccc(-c2n[nH]c(=S)n2CC(=O)NCC(=O)NCc2ccco2)cc1. The molecule has 0 spiro atoms. The smallest absolute Gasteiger partial charge is 0.240 e. The molecule has 0 aliphatic carbocycles. The fraction of sp³-hybridized carbons (Fsp3) is 0.222. The molecule has 0 fully saturated rings. The molecule has 2 amide bonds. The van der Waals surface area contributed by atoms with E-state index in [1.165, 1.54) is 6.26 Å². The summed E-state index contributed by atoms with van der Waals surface area (Å²) in [5.74, 6) is 0.558. The Hall–Kier alpha value is -3.20. The van der Waals surface area contributed by atoms with Crippen LogP contribution in [0.5, 0.6) is 0 Å². The lowest BCUT2D eigenvalue weighted by atomic mass is 10.1. The van der Waals surface area contributed by atoms with Crippen molar-refractivity contribution in [3.8, 4) is 11.4 Å². The van der Waals surface area contributed by atoms with Gasteiger partial charge in [-0.3, -0.25) is 19.3 Å². The van der Waals surface area contributed by atoms with E-state index in [1.54, 1.807) is 16.7 Å². The van der Waals surface area contributed by atoms with E-state index >= 15 is 0 Å². The van der Waals surface area contributed by atoms with E-state index in [4.69, 9.17) is 16.6 Å². The number of hydrogen-bond donors (Lipinski definition) is 3. The Bertz CT molecular complexity index is 973. The molecule has 0 saturated carbocycles. The first-order chi connectivity index (χ1) is 13.0. The highest BCUT2D eigenvalue weighted by Crippen LogP contribution is 2.17. The number of H-pyrrole nitrogens is 1. The molecule has 0 bridgehead atoms. The summed E-state index contributed by atoms with van der Waals surface area (Å²) in [4.78, 5) is 24.0. The van der Waals surface area contributed by atoms with Crippen LogP contribution in [0, 0.1) is 11.7 Å². The van der Waals surface area contributed by atoms with Crippen LogP contribution in [0.15, 0.2) is 47.1 Å². The lowest BCUT2D eigenvalue weighted by Crippen LogP contribution is -2.38. The summed E-state index contributed by atoms with van der Waals surface area (Å²) < 4.78 is 7.06. The normalized spacial score (nSPS) is 10.6. The van der Waals surface area contributed by atoms with Gasteiger partial charge in [-0.15, -0.1) is 0 Å².